The minimum Gasteiger partial charge on any atom is -0.344 e. The van der Waals surface area contributed by atoms with Gasteiger partial charge >= 0.3 is 0 Å². The van der Waals surface area contributed by atoms with Crippen LogP contribution in [0, 0.1) is 18.3 Å². The molecular formula is C18H13N5. The van der Waals surface area contributed by atoms with Gasteiger partial charge in [0, 0.05) is 11.3 Å². The van der Waals surface area contributed by atoms with Gasteiger partial charge in [-0.15, -0.1) is 0 Å². The van der Waals surface area contributed by atoms with Gasteiger partial charge in [-0.25, -0.2) is 9.97 Å². The number of nitrogens with zero attached hydrogens (tertiary/aromatic N) is 4. The SMILES string of the molecule is Cc1[nH]c2cccc3ncc(-c4ccccc4)nc(c1C#N)N32. The highest BCUT2D eigenvalue weighted by Gasteiger charge is 2.25. The lowest BCUT2D eigenvalue weighted by molar-refractivity contribution is 1.04. The first-order valence-electron chi connectivity index (χ1n) is 7.27. The summed E-state index contributed by atoms with van der Waals surface area (Å²) >= 11 is 0. The molecule has 1 aromatic carbocycles. The third kappa shape index (κ3) is 2.09. The van der Waals surface area contributed by atoms with E-state index in [1.165, 1.54) is 0 Å². The molecular weight excluding hydrogens is 286 g/mol. The minimum atomic E-state index is 0.522. The lowest BCUT2D eigenvalue weighted by Gasteiger charge is -2.26. The molecule has 0 radical (unpaired) electrons. The molecule has 0 fully saturated rings. The Labute approximate surface area is 133 Å². The van der Waals surface area contributed by atoms with E-state index in [4.69, 9.17) is 4.98 Å². The van der Waals surface area contributed by atoms with E-state index in [0.717, 1.165) is 28.6 Å². The fraction of sp³-hybridized carbons (Fsp3) is 0.0556. The molecule has 0 bridgehead atoms. The monoisotopic (exact) mass is 299 g/mol. The van der Waals surface area contributed by atoms with E-state index in [0.29, 0.717) is 11.4 Å². The second-order valence-electron chi connectivity index (χ2n) is 5.29. The lowest BCUT2D eigenvalue weighted by atomic mass is 10.1. The maximum Gasteiger partial charge on any atom is 0.160 e. The molecule has 5 nitrogen and oxygen atoms in total. The molecule has 0 unspecified atom stereocenters. The molecule has 5 heteroatoms. The molecule has 0 saturated carbocycles. The zero-order chi connectivity index (χ0) is 15.8. The average Bonchev–Trinajstić information content (AvgIpc) is 2.77. The molecule has 110 valence electrons. The van der Waals surface area contributed by atoms with Gasteiger partial charge < -0.3 is 4.98 Å². The van der Waals surface area contributed by atoms with Gasteiger partial charge in [0.05, 0.1) is 11.9 Å². The van der Waals surface area contributed by atoms with Crippen molar-refractivity contribution in [1.29, 1.82) is 5.26 Å². The molecule has 1 N–H and O–H groups in total. The number of aryl methyl sites for hydroxylation is 1. The molecule has 0 spiro atoms. The van der Waals surface area contributed by atoms with E-state index < -0.39 is 0 Å². The summed E-state index contributed by atoms with van der Waals surface area (Å²) in [5.41, 5.74) is 3.01. The van der Waals surface area contributed by atoms with Gasteiger partial charge in [-0.2, -0.15) is 5.26 Å². The summed E-state index contributed by atoms with van der Waals surface area (Å²) in [5.74, 6) is 2.19. The Kier molecular flexibility index (Phi) is 2.95. The Hall–Kier alpha value is -3.39. The number of rotatable bonds is 1. The second kappa shape index (κ2) is 5.11. The fourth-order valence-corrected chi connectivity index (χ4v) is 2.71. The van der Waals surface area contributed by atoms with E-state index in [1.54, 1.807) is 6.20 Å². The van der Waals surface area contributed by atoms with E-state index in [1.807, 2.05) is 60.4 Å². The molecule has 4 rings (SSSR count). The number of hydrogen-bond donors (Lipinski definition) is 1. The van der Waals surface area contributed by atoms with Crippen molar-refractivity contribution in [3.63, 3.8) is 0 Å². The number of nitriles is 1. The predicted molar refractivity (Wildman–Crippen MR) is 88.3 cm³/mol. The molecule has 0 aromatic heterocycles. The van der Waals surface area contributed by atoms with Crippen LogP contribution in [0.25, 0.3) is 11.3 Å². The Morgan fingerprint density at radius 1 is 1.09 bits per heavy atom. The van der Waals surface area contributed by atoms with Crippen LogP contribution in [-0.4, -0.2) is 15.0 Å². The predicted octanol–water partition coefficient (Wildman–Crippen LogP) is 4.00. The standard InChI is InChI=1S/C18H13N5/c1-12-14(10-19)18-22-15(13-6-3-2-4-7-13)11-20-16-8-5-9-17(21-12)23(16)18/h2-9,11,21H,1H3. The molecule has 3 heterocycles. The Balaban J connectivity index is 2.09. The summed E-state index contributed by atoms with van der Waals surface area (Å²) in [7, 11) is 0. The normalized spacial score (nSPS) is 11.6. The van der Waals surface area contributed by atoms with Gasteiger partial charge in [0.1, 0.15) is 23.3 Å². The van der Waals surface area contributed by atoms with Gasteiger partial charge in [0.25, 0.3) is 0 Å². The highest BCUT2D eigenvalue weighted by atomic mass is 15.3. The van der Waals surface area contributed by atoms with E-state index in [9.17, 15) is 5.26 Å². The van der Waals surface area contributed by atoms with Gasteiger partial charge in [0.15, 0.2) is 5.82 Å². The van der Waals surface area contributed by atoms with Crippen molar-refractivity contribution >= 4 is 17.5 Å². The van der Waals surface area contributed by atoms with Crippen LogP contribution in [-0.2, 0) is 0 Å². The Morgan fingerprint density at radius 2 is 1.91 bits per heavy atom. The highest BCUT2D eigenvalue weighted by molar-refractivity contribution is 5.78. The Morgan fingerprint density at radius 3 is 2.70 bits per heavy atom. The number of aromatic amines is 1. The van der Waals surface area contributed by atoms with Crippen molar-refractivity contribution in [2.24, 2.45) is 0 Å². The smallest absolute Gasteiger partial charge is 0.160 e. The fourth-order valence-electron chi connectivity index (χ4n) is 2.71. The lowest BCUT2D eigenvalue weighted by Crippen LogP contribution is -2.18. The van der Waals surface area contributed by atoms with Crippen LogP contribution in [0.3, 0.4) is 0 Å². The topological polar surface area (TPSA) is 68.6 Å². The summed E-state index contributed by atoms with van der Waals surface area (Å²) in [6.45, 7) is 1.88. The molecule has 0 aliphatic carbocycles. The summed E-state index contributed by atoms with van der Waals surface area (Å²) in [5, 5.41) is 9.56. The molecule has 0 amide bonds. The first-order valence-corrected chi connectivity index (χ1v) is 7.27. The van der Waals surface area contributed by atoms with Crippen LogP contribution < -0.4 is 4.90 Å². The number of hydrogen-bond acceptors (Lipinski definition) is 4. The maximum atomic E-state index is 9.56. The molecule has 3 aliphatic heterocycles. The first-order chi connectivity index (χ1) is 11.3. The Bertz CT molecular complexity index is 951. The van der Waals surface area contributed by atoms with Crippen LogP contribution in [0.5, 0.6) is 0 Å². The number of aromatic nitrogens is 3. The van der Waals surface area contributed by atoms with Crippen molar-refractivity contribution in [2.75, 3.05) is 4.90 Å². The zero-order valence-electron chi connectivity index (χ0n) is 12.5. The number of benzene rings is 1. The molecule has 23 heavy (non-hydrogen) atoms. The highest BCUT2D eigenvalue weighted by Crippen LogP contribution is 2.38. The first kappa shape index (κ1) is 13.3. The number of anilines is 3. The molecule has 0 atom stereocenters. The van der Waals surface area contributed by atoms with Gasteiger partial charge in [-0.3, -0.25) is 4.90 Å². The van der Waals surface area contributed by atoms with Crippen molar-refractivity contribution in [1.82, 2.24) is 15.0 Å². The van der Waals surface area contributed by atoms with E-state index >= 15 is 0 Å². The van der Waals surface area contributed by atoms with Crippen LogP contribution in [0.4, 0.5) is 17.5 Å². The van der Waals surface area contributed by atoms with Crippen LogP contribution in [0.1, 0.15) is 11.3 Å². The maximum absolute atomic E-state index is 9.56. The summed E-state index contributed by atoms with van der Waals surface area (Å²) < 4.78 is 0. The van der Waals surface area contributed by atoms with Crippen molar-refractivity contribution in [2.45, 2.75) is 6.92 Å². The summed E-state index contributed by atoms with van der Waals surface area (Å²) in [4.78, 5) is 14.4. The zero-order valence-corrected chi connectivity index (χ0v) is 12.5. The minimum absolute atomic E-state index is 0.522. The van der Waals surface area contributed by atoms with E-state index in [-0.39, 0.29) is 0 Å². The van der Waals surface area contributed by atoms with Crippen LogP contribution >= 0.6 is 0 Å². The molecule has 0 saturated heterocycles. The number of H-pyrrole nitrogens is 1. The van der Waals surface area contributed by atoms with E-state index in [2.05, 4.69) is 16.0 Å². The van der Waals surface area contributed by atoms with Gasteiger partial charge in [-0.1, -0.05) is 36.4 Å². The third-order valence-electron chi connectivity index (χ3n) is 3.82. The van der Waals surface area contributed by atoms with Gasteiger partial charge in [0.2, 0.25) is 0 Å². The molecule has 3 aliphatic rings. The van der Waals surface area contributed by atoms with Crippen LogP contribution in [0.2, 0.25) is 0 Å². The summed E-state index contributed by atoms with van der Waals surface area (Å²) in [6.07, 6.45) is 1.74. The van der Waals surface area contributed by atoms with Crippen molar-refractivity contribution in [3.05, 3.63) is 66.0 Å². The summed E-state index contributed by atoms with van der Waals surface area (Å²) in [6, 6.07) is 17.9. The molecule has 1 aromatic rings. The largest absolute Gasteiger partial charge is 0.344 e. The average molecular weight is 299 g/mol. The van der Waals surface area contributed by atoms with Crippen molar-refractivity contribution in [3.8, 4) is 17.3 Å². The third-order valence-corrected chi connectivity index (χ3v) is 3.82. The second-order valence-corrected chi connectivity index (χ2v) is 5.29. The van der Waals surface area contributed by atoms with Gasteiger partial charge in [-0.05, 0) is 19.1 Å². The number of nitrogens with one attached hydrogen (secondary N) is 1. The van der Waals surface area contributed by atoms with Crippen LogP contribution in [0.15, 0.2) is 54.7 Å². The van der Waals surface area contributed by atoms with Crippen molar-refractivity contribution < 1.29 is 0 Å². The quantitative estimate of drug-likeness (QED) is 0.577.